The van der Waals surface area contributed by atoms with Gasteiger partial charge in [0.25, 0.3) is 0 Å². The smallest absolute Gasteiger partial charge is 0.0642 e. The first kappa shape index (κ1) is 21.7. The number of anilines is 1. The summed E-state index contributed by atoms with van der Waals surface area (Å²) in [6, 6.07) is 16.4. The maximum Gasteiger partial charge on any atom is 0.0642 e. The van der Waals surface area contributed by atoms with Crippen molar-refractivity contribution in [2.75, 3.05) is 44.4 Å². The number of benzene rings is 2. The van der Waals surface area contributed by atoms with E-state index in [1.54, 1.807) is 0 Å². The van der Waals surface area contributed by atoms with Gasteiger partial charge in [0.2, 0.25) is 0 Å². The third kappa shape index (κ3) is 9.28. The van der Waals surface area contributed by atoms with Crippen LogP contribution in [0, 0.1) is 13.8 Å². The molecule has 0 N–H and O–H groups in total. The highest BCUT2D eigenvalue weighted by atomic mass is 35.5. The van der Waals surface area contributed by atoms with Crippen LogP contribution < -0.4 is 4.90 Å². The fourth-order valence-electron chi connectivity index (χ4n) is 2.80. The third-order valence-electron chi connectivity index (χ3n) is 4.50. The number of aryl methyl sites for hydroxylation is 2. The van der Waals surface area contributed by atoms with E-state index < -0.39 is 0 Å². The largest absolute Gasteiger partial charge is 0.381 e. The highest BCUT2D eigenvalue weighted by Gasteiger charge is 2.09. The van der Waals surface area contributed by atoms with E-state index in [0.29, 0.717) is 0 Å². The normalized spacial score (nSPS) is 16.5. The van der Waals surface area contributed by atoms with E-state index in [0.717, 1.165) is 44.5 Å². The van der Waals surface area contributed by atoms with Gasteiger partial charge >= 0.3 is 0 Å². The van der Waals surface area contributed by atoms with Gasteiger partial charge in [-0.3, -0.25) is 0 Å². The SMILES string of the molecule is C1CCOCC1.Cc1ccc(Cl)cc1.Cc1ccc(N2CCOCC2)cc1. The molecule has 0 amide bonds. The molecule has 2 fully saturated rings. The molecule has 2 aromatic carbocycles. The zero-order valence-electron chi connectivity index (χ0n) is 16.6. The molecule has 0 bridgehead atoms. The Bertz CT molecular complexity index is 585. The topological polar surface area (TPSA) is 21.7 Å². The predicted molar refractivity (Wildman–Crippen MR) is 115 cm³/mol. The number of halogens is 1. The van der Waals surface area contributed by atoms with Crippen LogP contribution in [-0.2, 0) is 9.47 Å². The van der Waals surface area contributed by atoms with Crippen LogP contribution in [0.4, 0.5) is 5.69 Å². The minimum Gasteiger partial charge on any atom is -0.381 e. The lowest BCUT2D eigenvalue weighted by Gasteiger charge is -2.28. The van der Waals surface area contributed by atoms with Crippen molar-refractivity contribution in [3.63, 3.8) is 0 Å². The molecule has 3 nitrogen and oxygen atoms in total. The van der Waals surface area contributed by atoms with Gasteiger partial charge in [0.15, 0.2) is 0 Å². The van der Waals surface area contributed by atoms with Crippen LogP contribution in [0.3, 0.4) is 0 Å². The third-order valence-corrected chi connectivity index (χ3v) is 4.75. The summed E-state index contributed by atoms with van der Waals surface area (Å²) in [5.41, 5.74) is 3.88. The maximum absolute atomic E-state index is 5.61. The van der Waals surface area contributed by atoms with E-state index in [2.05, 4.69) is 36.1 Å². The molecule has 2 aliphatic heterocycles. The monoisotopic (exact) mass is 389 g/mol. The van der Waals surface area contributed by atoms with Crippen LogP contribution in [-0.4, -0.2) is 39.5 Å². The summed E-state index contributed by atoms with van der Waals surface area (Å²) >= 11 is 5.61. The first-order valence-corrected chi connectivity index (χ1v) is 10.2. The number of morpholine rings is 1. The fourth-order valence-corrected chi connectivity index (χ4v) is 2.92. The van der Waals surface area contributed by atoms with Crippen LogP contribution in [0.5, 0.6) is 0 Å². The van der Waals surface area contributed by atoms with Crippen molar-refractivity contribution in [2.45, 2.75) is 33.1 Å². The summed E-state index contributed by atoms with van der Waals surface area (Å²) in [7, 11) is 0. The Morgan fingerprint density at radius 3 is 1.56 bits per heavy atom. The van der Waals surface area contributed by atoms with Gasteiger partial charge in [0.1, 0.15) is 0 Å². The Hall–Kier alpha value is -1.55. The average Bonchev–Trinajstić information content (AvgIpc) is 2.74. The molecule has 0 radical (unpaired) electrons. The zero-order chi connectivity index (χ0) is 19.3. The Labute approximate surface area is 169 Å². The number of hydrogen-bond acceptors (Lipinski definition) is 3. The Morgan fingerprint density at radius 2 is 1.15 bits per heavy atom. The van der Waals surface area contributed by atoms with Gasteiger partial charge in [-0.2, -0.15) is 0 Å². The molecule has 4 heteroatoms. The van der Waals surface area contributed by atoms with Gasteiger partial charge in [0.05, 0.1) is 13.2 Å². The second-order valence-electron chi connectivity index (χ2n) is 6.90. The molecular formula is C23H32ClNO2. The lowest BCUT2D eigenvalue weighted by Crippen LogP contribution is -2.36. The summed E-state index contributed by atoms with van der Waals surface area (Å²) in [6.07, 6.45) is 3.93. The van der Waals surface area contributed by atoms with Crippen molar-refractivity contribution in [3.8, 4) is 0 Å². The Kier molecular flexibility index (Phi) is 10.3. The van der Waals surface area contributed by atoms with Gasteiger partial charge in [-0.05, 0) is 57.4 Å². The van der Waals surface area contributed by atoms with Crippen molar-refractivity contribution in [1.29, 1.82) is 0 Å². The molecule has 0 spiro atoms. The lowest BCUT2D eigenvalue weighted by atomic mass is 10.2. The molecule has 0 atom stereocenters. The summed E-state index contributed by atoms with van der Waals surface area (Å²) in [5, 5.41) is 0.801. The zero-order valence-corrected chi connectivity index (χ0v) is 17.4. The van der Waals surface area contributed by atoms with E-state index in [4.69, 9.17) is 21.1 Å². The second-order valence-corrected chi connectivity index (χ2v) is 7.34. The molecule has 2 heterocycles. The molecule has 0 saturated carbocycles. The standard InChI is InChI=1S/C11H15NO.C7H7Cl.C5H10O/c1-10-2-4-11(5-3-10)12-6-8-13-9-7-12;1-6-2-4-7(8)5-3-6;1-2-4-6-5-3-1/h2-5H,6-9H2,1H3;2-5H,1H3;1-5H2. The molecular weight excluding hydrogens is 358 g/mol. The van der Waals surface area contributed by atoms with Gasteiger partial charge in [-0.15, -0.1) is 0 Å². The Balaban J connectivity index is 0.000000159. The molecule has 2 aliphatic rings. The van der Waals surface area contributed by atoms with Crippen molar-refractivity contribution in [2.24, 2.45) is 0 Å². The van der Waals surface area contributed by atoms with Crippen LogP contribution in [0.1, 0.15) is 30.4 Å². The molecule has 2 aromatic rings. The van der Waals surface area contributed by atoms with Crippen molar-refractivity contribution in [3.05, 3.63) is 64.7 Å². The number of hydrogen-bond donors (Lipinski definition) is 0. The summed E-state index contributed by atoms with van der Waals surface area (Å²) in [6.45, 7) is 9.90. The van der Waals surface area contributed by atoms with Crippen molar-refractivity contribution in [1.82, 2.24) is 0 Å². The molecule has 0 aromatic heterocycles. The van der Waals surface area contributed by atoms with E-state index >= 15 is 0 Å². The Morgan fingerprint density at radius 1 is 0.667 bits per heavy atom. The average molecular weight is 390 g/mol. The van der Waals surface area contributed by atoms with Crippen molar-refractivity contribution >= 4 is 17.3 Å². The minimum absolute atomic E-state index is 0.801. The van der Waals surface area contributed by atoms with Crippen LogP contribution in [0.25, 0.3) is 0 Å². The van der Waals surface area contributed by atoms with Crippen molar-refractivity contribution < 1.29 is 9.47 Å². The van der Waals surface area contributed by atoms with Crippen LogP contribution >= 0.6 is 11.6 Å². The quantitative estimate of drug-likeness (QED) is 0.627. The second kappa shape index (κ2) is 12.8. The predicted octanol–water partition coefficient (Wildman–Crippen LogP) is 5.67. The molecule has 0 aliphatic carbocycles. The fraction of sp³-hybridized carbons (Fsp3) is 0.478. The minimum atomic E-state index is 0.801. The maximum atomic E-state index is 5.61. The highest BCUT2D eigenvalue weighted by Crippen LogP contribution is 2.15. The van der Waals surface area contributed by atoms with Gasteiger partial charge in [-0.1, -0.05) is 47.0 Å². The van der Waals surface area contributed by atoms with Gasteiger partial charge in [0, 0.05) is 37.0 Å². The van der Waals surface area contributed by atoms with Gasteiger partial charge < -0.3 is 14.4 Å². The van der Waals surface area contributed by atoms with Crippen LogP contribution in [0.2, 0.25) is 5.02 Å². The molecule has 0 unspecified atom stereocenters. The highest BCUT2D eigenvalue weighted by molar-refractivity contribution is 6.30. The molecule has 2 saturated heterocycles. The lowest BCUT2D eigenvalue weighted by molar-refractivity contribution is 0.0968. The molecule has 27 heavy (non-hydrogen) atoms. The van der Waals surface area contributed by atoms with E-state index in [1.807, 2.05) is 31.2 Å². The van der Waals surface area contributed by atoms with E-state index in [1.165, 1.54) is 36.1 Å². The number of rotatable bonds is 1. The first-order valence-electron chi connectivity index (χ1n) is 9.84. The van der Waals surface area contributed by atoms with E-state index in [-0.39, 0.29) is 0 Å². The molecule has 4 rings (SSSR count). The number of nitrogens with zero attached hydrogens (tertiary/aromatic N) is 1. The van der Waals surface area contributed by atoms with Crippen LogP contribution in [0.15, 0.2) is 48.5 Å². The van der Waals surface area contributed by atoms with Gasteiger partial charge in [-0.25, -0.2) is 0 Å². The first-order chi connectivity index (χ1) is 13.1. The summed E-state index contributed by atoms with van der Waals surface area (Å²) in [4.78, 5) is 2.36. The van der Waals surface area contributed by atoms with E-state index in [9.17, 15) is 0 Å². The number of ether oxygens (including phenoxy) is 2. The summed E-state index contributed by atoms with van der Waals surface area (Å²) in [5.74, 6) is 0. The molecule has 148 valence electrons. The summed E-state index contributed by atoms with van der Waals surface area (Å²) < 4.78 is 10.4.